The Morgan fingerprint density at radius 2 is 2.04 bits per heavy atom. The first kappa shape index (κ1) is 16.8. The first-order valence-corrected chi connectivity index (χ1v) is 7.71. The highest BCUT2D eigenvalue weighted by molar-refractivity contribution is 5.96. The lowest BCUT2D eigenvalue weighted by molar-refractivity contribution is 0.0944. The Kier molecular flexibility index (Phi) is 5.56. The van der Waals surface area contributed by atoms with E-state index in [1.165, 1.54) is 0 Å². The summed E-state index contributed by atoms with van der Waals surface area (Å²) in [6.45, 7) is 3.36. The molecule has 0 bridgehead atoms. The first-order chi connectivity index (χ1) is 11.1. The average Bonchev–Trinajstić information content (AvgIpc) is 2.98. The van der Waals surface area contributed by atoms with Crippen LogP contribution in [0.3, 0.4) is 0 Å². The standard InChI is InChI=1S/C18H22N4O/c1-4-14-7-5-6-8-16(14)22-11-9-15(13-19)17(22)18(23)20-10-12-21(2)3/h5-9,11H,4,10,12H2,1-3H3,(H,20,23). The van der Waals surface area contributed by atoms with E-state index in [1.807, 2.05) is 47.8 Å². The van der Waals surface area contributed by atoms with E-state index in [2.05, 4.69) is 18.3 Å². The second-order valence-corrected chi connectivity index (χ2v) is 5.60. The number of nitrogens with zero attached hydrogens (tertiary/aromatic N) is 3. The van der Waals surface area contributed by atoms with Gasteiger partial charge in [-0.05, 0) is 38.2 Å². The maximum atomic E-state index is 12.6. The van der Waals surface area contributed by atoms with Crippen LogP contribution in [0.15, 0.2) is 36.5 Å². The van der Waals surface area contributed by atoms with Crippen LogP contribution in [0.1, 0.15) is 28.5 Å². The summed E-state index contributed by atoms with van der Waals surface area (Å²) in [6, 6.07) is 11.7. The Labute approximate surface area is 137 Å². The van der Waals surface area contributed by atoms with E-state index in [4.69, 9.17) is 0 Å². The van der Waals surface area contributed by atoms with Crippen LogP contribution < -0.4 is 5.32 Å². The molecule has 2 rings (SSSR count). The highest BCUT2D eigenvalue weighted by Crippen LogP contribution is 2.21. The summed E-state index contributed by atoms with van der Waals surface area (Å²) >= 11 is 0. The van der Waals surface area contributed by atoms with Gasteiger partial charge in [-0.25, -0.2) is 0 Å². The van der Waals surface area contributed by atoms with Crippen molar-refractivity contribution in [1.82, 2.24) is 14.8 Å². The maximum absolute atomic E-state index is 12.6. The van der Waals surface area contributed by atoms with Crippen LogP contribution in [0.2, 0.25) is 0 Å². The minimum absolute atomic E-state index is 0.223. The number of amides is 1. The van der Waals surface area contributed by atoms with Crippen molar-refractivity contribution in [3.63, 3.8) is 0 Å². The molecule has 1 amide bonds. The Balaban J connectivity index is 2.37. The number of para-hydroxylation sites is 1. The van der Waals surface area contributed by atoms with Gasteiger partial charge in [0.25, 0.3) is 5.91 Å². The van der Waals surface area contributed by atoms with Gasteiger partial charge in [0.15, 0.2) is 0 Å². The van der Waals surface area contributed by atoms with Crippen LogP contribution in [-0.4, -0.2) is 42.6 Å². The zero-order valence-corrected chi connectivity index (χ0v) is 13.8. The summed E-state index contributed by atoms with van der Waals surface area (Å²) in [5, 5.41) is 12.2. The number of hydrogen-bond donors (Lipinski definition) is 1. The van der Waals surface area contributed by atoms with Gasteiger partial charge in [-0.1, -0.05) is 25.1 Å². The molecule has 0 atom stereocenters. The lowest BCUT2D eigenvalue weighted by Gasteiger charge is -2.14. The van der Waals surface area contributed by atoms with Crippen LogP contribution >= 0.6 is 0 Å². The summed E-state index contributed by atoms with van der Waals surface area (Å²) < 4.78 is 1.81. The van der Waals surface area contributed by atoms with Gasteiger partial charge in [0.2, 0.25) is 0 Å². The van der Waals surface area contributed by atoms with Gasteiger partial charge >= 0.3 is 0 Å². The van der Waals surface area contributed by atoms with Gasteiger partial charge in [0, 0.05) is 25.0 Å². The molecule has 0 saturated carbocycles. The molecule has 0 saturated heterocycles. The van der Waals surface area contributed by atoms with Crippen molar-refractivity contribution in [2.75, 3.05) is 27.2 Å². The minimum Gasteiger partial charge on any atom is -0.349 e. The number of nitriles is 1. The molecule has 0 unspecified atom stereocenters. The smallest absolute Gasteiger partial charge is 0.269 e. The molecule has 0 spiro atoms. The van der Waals surface area contributed by atoms with Crippen LogP contribution in [0.4, 0.5) is 0 Å². The molecule has 5 heteroatoms. The summed E-state index contributed by atoms with van der Waals surface area (Å²) in [5.74, 6) is -0.223. The zero-order chi connectivity index (χ0) is 16.8. The molecule has 120 valence electrons. The predicted octanol–water partition coefficient (Wildman–Crippen LogP) is 2.20. The molecule has 0 aliphatic carbocycles. The predicted molar refractivity (Wildman–Crippen MR) is 90.7 cm³/mol. The quantitative estimate of drug-likeness (QED) is 0.890. The summed E-state index contributed by atoms with van der Waals surface area (Å²) in [6.07, 6.45) is 2.64. The zero-order valence-electron chi connectivity index (χ0n) is 13.8. The molecule has 23 heavy (non-hydrogen) atoms. The van der Waals surface area contributed by atoms with Crippen molar-refractivity contribution in [1.29, 1.82) is 5.26 Å². The fourth-order valence-corrected chi connectivity index (χ4v) is 2.48. The average molecular weight is 310 g/mol. The van der Waals surface area contributed by atoms with Crippen molar-refractivity contribution in [2.45, 2.75) is 13.3 Å². The Morgan fingerprint density at radius 3 is 2.70 bits per heavy atom. The third kappa shape index (κ3) is 3.79. The third-order valence-corrected chi connectivity index (χ3v) is 3.70. The van der Waals surface area contributed by atoms with Gasteiger partial charge in [-0.3, -0.25) is 4.79 Å². The van der Waals surface area contributed by atoms with Crippen molar-refractivity contribution in [3.05, 3.63) is 53.3 Å². The monoisotopic (exact) mass is 310 g/mol. The lowest BCUT2D eigenvalue weighted by atomic mass is 10.1. The molecular formula is C18H22N4O. The number of carbonyl (C=O) groups is 1. The Bertz CT molecular complexity index is 725. The number of benzene rings is 1. The number of hydrogen-bond acceptors (Lipinski definition) is 3. The van der Waals surface area contributed by atoms with E-state index in [-0.39, 0.29) is 5.91 Å². The van der Waals surface area contributed by atoms with Crippen LogP contribution in [0.25, 0.3) is 5.69 Å². The molecule has 1 aromatic carbocycles. The molecule has 2 aromatic rings. The SMILES string of the molecule is CCc1ccccc1-n1ccc(C#N)c1C(=O)NCCN(C)C. The second kappa shape index (κ2) is 7.61. The van der Waals surface area contributed by atoms with Gasteiger partial charge in [0.05, 0.1) is 5.56 Å². The van der Waals surface area contributed by atoms with E-state index >= 15 is 0 Å². The second-order valence-electron chi connectivity index (χ2n) is 5.60. The molecule has 0 radical (unpaired) electrons. The number of aromatic nitrogens is 1. The van der Waals surface area contributed by atoms with Crippen molar-refractivity contribution in [3.8, 4) is 11.8 Å². The van der Waals surface area contributed by atoms with Crippen molar-refractivity contribution >= 4 is 5.91 Å². The minimum atomic E-state index is -0.223. The van der Waals surface area contributed by atoms with Gasteiger partial charge < -0.3 is 14.8 Å². The summed E-state index contributed by atoms with van der Waals surface area (Å²) in [7, 11) is 3.90. The molecular weight excluding hydrogens is 288 g/mol. The van der Waals surface area contributed by atoms with Gasteiger partial charge in [-0.2, -0.15) is 5.26 Å². The van der Waals surface area contributed by atoms with E-state index < -0.39 is 0 Å². The number of likely N-dealkylation sites (N-methyl/N-ethyl adjacent to an activating group) is 1. The lowest BCUT2D eigenvalue weighted by Crippen LogP contribution is -2.32. The van der Waals surface area contributed by atoms with E-state index in [1.54, 1.807) is 12.3 Å². The summed E-state index contributed by atoms with van der Waals surface area (Å²) in [4.78, 5) is 14.6. The first-order valence-electron chi connectivity index (χ1n) is 7.71. The van der Waals surface area contributed by atoms with Crippen LogP contribution in [0.5, 0.6) is 0 Å². The number of nitrogens with one attached hydrogen (secondary N) is 1. The van der Waals surface area contributed by atoms with Gasteiger partial charge in [0.1, 0.15) is 11.8 Å². The topological polar surface area (TPSA) is 61.1 Å². The highest BCUT2D eigenvalue weighted by atomic mass is 16.1. The fourth-order valence-electron chi connectivity index (χ4n) is 2.48. The molecule has 0 aliphatic heterocycles. The number of carbonyl (C=O) groups excluding carboxylic acids is 1. The molecule has 1 N–H and O–H groups in total. The van der Waals surface area contributed by atoms with Crippen LogP contribution in [-0.2, 0) is 6.42 Å². The van der Waals surface area contributed by atoms with Crippen LogP contribution in [0, 0.1) is 11.3 Å². The fraction of sp³-hybridized carbons (Fsp3) is 0.333. The molecule has 0 aliphatic rings. The Morgan fingerprint density at radius 1 is 1.30 bits per heavy atom. The molecule has 5 nitrogen and oxygen atoms in total. The van der Waals surface area contributed by atoms with E-state index in [0.717, 1.165) is 24.2 Å². The highest BCUT2D eigenvalue weighted by Gasteiger charge is 2.19. The normalized spacial score (nSPS) is 10.6. The molecule has 1 heterocycles. The summed E-state index contributed by atoms with van der Waals surface area (Å²) in [5.41, 5.74) is 2.86. The van der Waals surface area contributed by atoms with E-state index in [9.17, 15) is 10.1 Å². The van der Waals surface area contributed by atoms with Gasteiger partial charge in [-0.15, -0.1) is 0 Å². The van der Waals surface area contributed by atoms with Crippen molar-refractivity contribution < 1.29 is 4.79 Å². The maximum Gasteiger partial charge on any atom is 0.269 e. The largest absolute Gasteiger partial charge is 0.349 e. The molecule has 0 fully saturated rings. The number of rotatable bonds is 6. The third-order valence-electron chi connectivity index (χ3n) is 3.70. The van der Waals surface area contributed by atoms with Crippen molar-refractivity contribution in [2.24, 2.45) is 0 Å². The van der Waals surface area contributed by atoms with E-state index in [0.29, 0.717) is 17.8 Å². The molecule has 1 aromatic heterocycles. The Hall–Kier alpha value is -2.58. The number of aryl methyl sites for hydroxylation is 1.